The van der Waals surface area contributed by atoms with E-state index in [-0.39, 0.29) is 0 Å². The molecule has 0 saturated carbocycles. The zero-order valence-electron chi connectivity index (χ0n) is 13.4. The molecule has 1 unspecified atom stereocenters. The summed E-state index contributed by atoms with van der Waals surface area (Å²) >= 11 is 0. The van der Waals surface area contributed by atoms with Crippen LogP contribution >= 0.6 is 0 Å². The van der Waals surface area contributed by atoms with Crippen LogP contribution in [0, 0.1) is 11.8 Å². The summed E-state index contributed by atoms with van der Waals surface area (Å²) in [6, 6.07) is 0. The molecule has 1 saturated heterocycles. The summed E-state index contributed by atoms with van der Waals surface area (Å²) in [6.07, 6.45) is 8.00. The first-order chi connectivity index (χ1) is 9.15. The molecule has 1 rings (SSSR count). The van der Waals surface area contributed by atoms with Gasteiger partial charge in [-0.1, -0.05) is 13.3 Å². The topological polar surface area (TPSA) is 32.5 Å². The van der Waals surface area contributed by atoms with E-state index in [0.717, 1.165) is 18.4 Å². The average molecular weight is 269 g/mol. The molecular formula is C16H35N3. The summed E-state index contributed by atoms with van der Waals surface area (Å²) in [5, 5.41) is 0. The summed E-state index contributed by atoms with van der Waals surface area (Å²) in [4.78, 5) is 5.00. The van der Waals surface area contributed by atoms with E-state index in [0.29, 0.717) is 0 Å². The first-order valence-electron chi connectivity index (χ1n) is 8.22. The molecule has 0 aliphatic carbocycles. The number of nitrogens with zero attached hydrogens (tertiary/aromatic N) is 2. The van der Waals surface area contributed by atoms with Gasteiger partial charge in [0.05, 0.1) is 0 Å². The van der Waals surface area contributed by atoms with Crippen molar-refractivity contribution >= 4 is 0 Å². The summed E-state index contributed by atoms with van der Waals surface area (Å²) in [5.74, 6) is 1.78. The Labute approximate surface area is 120 Å². The molecule has 1 aliphatic rings. The highest BCUT2D eigenvalue weighted by Crippen LogP contribution is 2.19. The Balaban J connectivity index is 2.09. The number of nitrogens with two attached hydrogens (primary N) is 1. The van der Waals surface area contributed by atoms with Crippen LogP contribution in [-0.4, -0.2) is 56.6 Å². The van der Waals surface area contributed by atoms with Crippen LogP contribution < -0.4 is 5.73 Å². The molecule has 2 N–H and O–H groups in total. The van der Waals surface area contributed by atoms with Gasteiger partial charge in [-0.2, -0.15) is 0 Å². The number of piperidine rings is 1. The van der Waals surface area contributed by atoms with Gasteiger partial charge in [0.15, 0.2) is 0 Å². The van der Waals surface area contributed by atoms with Gasteiger partial charge >= 0.3 is 0 Å². The molecule has 19 heavy (non-hydrogen) atoms. The predicted molar refractivity (Wildman–Crippen MR) is 84.4 cm³/mol. The van der Waals surface area contributed by atoms with Crippen molar-refractivity contribution < 1.29 is 0 Å². The normalized spacial score (nSPS) is 20.1. The smallest absolute Gasteiger partial charge is 0.000451 e. The molecular weight excluding hydrogens is 234 g/mol. The van der Waals surface area contributed by atoms with Gasteiger partial charge < -0.3 is 15.5 Å². The Bertz CT molecular complexity index is 210. The number of hydrogen-bond acceptors (Lipinski definition) is 3. The molecule has 1 heterocycles. The predicted octanol–water partition coefficient (Wildman–Crippen LogP) is 2.42. The lowest BCUT2D eigenvalue weighted by Crippen LogP contribution is -2.37. The Kier molecular flexibility index (Phi) is 8.67. The number of hydrogen-bond donors (Lipinski definition) is 1. The molecule has 0 spiro atoms. The molecule has 0 radical (unpaired) electrons. The largest absolute Gasteiger partial charge is 0.330 e. The van der Waals surface area contributed by atoms with Gasteiger partial charge in [-0.3, -0.25) is 0 Å². The SMILES string of the molecule is CCC(CCN)CCCN1CCC(CN(C)C)CC1. The molecule has 1 atom stereocenters. The minimum atomic E-state index is 0.856. The van der Waals surface area contributed by atoms with E-state index in [4.69, 9.17) is 5.73 Å². The van der Waals surface area contributed by atoms with Crippen LogP contribution in [0.25, 0.3) is 0 Å². The first-order valence-corrected chi connectivity index (χ1v) is 8.22. The molecule has 1 fully saturated rings. The summed E-state index contributed by atoms with van der Waals surface area (Å²) in [5.41, 5.74) is 5.66. The Morgan fingerprint density at radius 1 is 1.21 bits per heavy atom. The fourth-order valence-electron chi connectivity index (χ4n) is 3.30. The highest BCUT2D eigenvalue weighted by Gasteiger charge is 2.19. The lowest BCUT2D eigenvalue weighted by molar-refractivity contribution is 0.158. The van der Waals surface area contributed by atoms with Crippen molar-refractivity contribution in [1.29, 1.82) is 0 Å². The Hall–Kier alpha value is -0.120. The molecule has 0 aromatic heterocycles. The second-order valence-electron chi connectivity index (χ2n) is 6.54. The van der Waals surface area contributed by atoms with Crippen molar-refractivity contribution in [2.45, 2.75) is 45.4 Å². The van der Waals surface area contributed by atoms with Crippen LogP contribution in [0.15, 0.2) is 0 Å². The maximum atomic E-state index is 5.66. The third-order valence-electron chi connectivity index (χ3n) is 4.57. The van der Waals surface area contributed by atoms with Crippen LogP contribution in [0.4, 0.5) is 0 Å². The van der Waals surface area contributed by atoms with Crippen LogP contribution in [0.3, 0.4) is 0 Å². The fraction of sp³-hybridized carbons (Fsp3) is 1.00. The zero-order chi connectivity index (χ0) is 14.1. The monoisotopic (exact) mass is 269 g/mol. The quantitative estimate of drug-likeness (QED) is 0.698. The molecule has 0 aromatic rings. The van der Waals surface area contributed by atoms with E-state index >= 15 is 0 Å². The van der Waals surface area contributed by atoms with Crippen LogP contribution in [0.2, 0.25) is 0 Å². The minimum absolute atomic E-state index is 0.856. The average Bonchev–Trinajstić information content (AvgIpc) is 2.39. The lowest BCUT2D eigenvalue weighted by Gasteiger charge is -2.33. The van der Waals surface area contributed by atoms with Crippen molar-refractivity contribution in [2.24, 2.45) is 17.6 Å². The summed E-state index contributed by atoms with van der Waals surface area (Å²) in [7, 11) is 4.38. The van der Waals surface area contributed by atoms with Crippen molar-refractivity contribution in [3.63, 3.8) is 0 Å². The second kappa shape index (κ2) is 9.73. The standard InChI is InChI=1S/C16H35N3/c1-4-15(7-10-17)6-5-11-19-12-8-16(9-13-19)14-18(2)3/h15-16H,4-14,17H2,1-3H3. The highest BCUT2D eigenvalue weighted by molar-refractivity contribution is 4.74. The number of likely N-dealkylation sites (tertiary alicyclic amines) is 1. The first kappa shape index (κ1) is 16.9. The Morgan fingerprint density at radius 2 is 1.89 bits per heavy atom. The lowest BCUT2D eigenvalue weighted by atomic mass is 9.94. The molecule has 3 nitrogen and oxygen atoms in total. The Morgan fingerprint density at radius 3 is 2.42 bits per heavy atom. The third-order valence-corrected chi connectivity index (χ3v) is 4.57. The third kappa shape index (κ3) is 7.28. The van der Waals surface area contributed by atoms with E-state index < -0.39 is 0 Å². The molecule has 114 valence electrons. The maximum Gasteiger partial charge on any atom is 0.000451 e. The van der Waals surface area contributed by atoms with E-state index in [1.165, 1.54) is 64.7 Å². The molecule has 0 aromatic carbocycles. The van der Waals surface area contributed by atoms with E-state index in [9.17, 15) is 0 Å². The van der Waals surface area contributed by atoms with E-state index in [1.807, 2.05) is 0 Å². The maximum absolute atomic E-state index is 5.66. The van der Waals surface area contributed by atoms with E-state index in [2.05, 4.69) is 30.8 Å². The van der Waals surface area contributed by atoms with E-state index in [1.54, 1.807) is 0 Å². The van der Waals surface area contributed by atoms with Crippen LogP contribution in [-0.2, 0) is 0 Å². The van der Waals surface area contributed by atoms with Crippen LogP contribution in [0.5, 0.6) is 0 Å². The molecule has 3 heteroatoms. The van der Waals surface area contributed by atoms with Crippen LogP contribution in [0.1, 0.15) is 45.4 Å². The molecule has 1 aliphatic heterocycles. The van der Waals surface area contributed by atoms with Gasteiger partial charge in [0.1, 0.15) is 0 Å². The highest BCUT2D eigenvalue weighted by atomic mass is 15.1. The fourth-order valence-corrected chi connectivity index (χ4v) is 3.30. The second-order valence-corrected chi connectivity index (χ2v) is 6.54. The van der Waals surface area contributed by atoms with Crippen molar-refractivity contribution in [1.82, 2.24) is 9.80 Å². The molecule has 0 amide bonds. The van der Waals surface area contributed by atoms with Gasteiger partial charge in [-0.15, -0.1) is 0 Å². The summed E-state index contributed by atoms with van der Waals surface area (Å²) < 4.78 is 0. The summed E-state index contributed by atoms with van der Waals surface area (Å²) in [6.45, 7) is 8.35. The van der Waals surface area contributed by atoms with Gasteiger partial charge in [0.2, 0.25) is 0 Å². The van der Waals surface area contributed by atoms with Gasteiger partial charge in [0.25, 0.3) is 0 Å². The van der Waals surface area contributed by atoms with Crippen molar-refractivity contribution in [2.75, 3.05) is 46.8 Å². The van der Waals surface area contributed by atoms with Crippen molar-refractivity contribution in [3.05, 3.63) is 0 Å². The molecule has 0 bridgehead atoms. The zero-order valence-corrected chi connectivity index (χ0v) is 13.4. The van der Waals surface area contributed by atoms with Gasteiger partial charge in [-0.05, 0) is 84.2 Å². The minimum Gasteiger partial charge on any atom is -0.330 e. The van der Waals surface area contributed by atoms with Gasteiger partial charge in [0, 0.05) is 6.54 Å². The number of rotatable bonds is 9. The van der Waals surface area contributed by atoms with Gasteiger partial charge in [-0.25, -0.2) is 0 Å². The van der Waals surface area contributed by atoms with Crippen molar-refractivity contribution in [3.8, 4) is 0 Å².